The molecule has 1 aromatic carbocycles. The summed E-state index contributed by atoms with van der Waals surface area (Å²) in [5.41, 5.74) is 2.35. The van der Waals surface area contributed by atoms with E-state index in [-0.39, 0.29) is 17.8 Å². The molecule has 144 valence electrons. The maximum Gasteiger partial charge on any atom is 0.336 e. The van der Waals surface area contributed by atoms with Crippen LogP contribution in [-0.2, 0) is 14.3 Å². The van der Waals surface area contributed by atoms with Crippen LogP contribution in [0.1, 0.15) is 52.0 Å². The minimum Gasteiger partial charge on any atom is -0.463 e. The molecule has 0 aromatic heterocycles. The predicted octanol–water partition coefficient (Wildman–Crippen LogP) is 4.60. The lowest BCUT2D eigenvalue weighted by atomic mass is 9.68. The Hall–Kier alpha value is -1.70. The average molecular weight is 483 g/mol. The van der Waals surface area contributed by atoms with E-state index in [1.54, 1.807) is 26.0 Å². The third-order valence-corrected chi connectivity index (χ3v) is 5.68. The Morgan fingerprint density at radius 2 is 2.07 bits per heavy atom. The number of allylic oxidation sites excluding steroid dienone is 3. The normalized spacial score (nSPS) is 21.7. The van der Waals surface area contributed by atoms with Crippen LogP contribution in [0.3, 0.4) is 0 Å². The summed E-state index contributed by atoms with van der Waals surface area (Å²) in [6.07, 6.45) is 1.04. The number of esters is 1. The van der Waals surface area contributed by atoms with Gasteiger partial charge in [-0.25, -0.2) is 9.18 Å². The molecule has 1 N–H and O–H groups in total. The second-order valence-corrected chi connectivity index (χ2v) is 9.06. The molecule has 3 rings (SSSR count). The highest BCUT2D eigenvalue weighted by molar-refractivity contribution is 14.1. The molecule has 1 aliphatic heterocycles. The largest absolute Gasteiger partial charge is 0.463 e. The predicted molar refractivity (Wildman–Crippen MR) is 109 cm³/mol. The Labute approximate surface area is 172 Å². The molecular weight excluding hydrogens is 460 g/mol. The summed E-state index contributed by atoms with van der Waals surface area (Å²) in [7, 11) is 0. The van der Waals surface area contributed by atoms with Gasteiger partial charge in [-0.3, -0.25) is 4.79 Å². The van der Waals surface area contributed by atoms with E-state index in [1.165, 1.54) is 6.07 Å². The van der Waals surface area contributed by atoms with E-state index in [0.717, 1.165) is 9.27 Å². The number of carbonyl (C=O) groups is 2. The van der Waals surface area contributed by atoms with Crippen molar-refractivity contribution in [3.05, 3.63) is 55.7 Å². The van der Waals surface area contributed by atoms with E-state index < -0.39 is 17.7 Å². The topological polar surface area (TPSA) is 55.4 Å². The molecule has 0 spiro atoms. The van der Waals surface area contributed by atoms with Crippen molar-refractivity contribution in [2.75, 3.05) is 6.61 Å². The van der Waals surface area contributed by atoms with Gasteiger partial charge in [0.1, 0.15) is 5.82 Å². The molecule has 0 fully saturated rings. The summed E-state index contributed by atoms with van der Waals surface area (Å²) in [6, 6.07) is 4.76. The van der Waals surface area contributed by atoms with Gasteiger partial charge in [-0.05, 0) is 66.5 Å². The second-order valence-electron chi connectivity index (χ2n) is 7.82. The molecule has 0 saturated heterocycles. The Kier molecular flexibility index (Phi) is 5.47. The third-order valence-electron chi connectivity index (χ3n) is 5.00. The monoisotopic (exact) mass is 483 g/mol. The highest BCUT2D eigenvalue weighted by Gasteiger charge is 2.43. The van der Waals surface area contributed by atoms with Crippen LogP contribution in [0, 0.1) is 14.8 Å². The van der Waals surface area contributed by atoms with Gasteiger partial charge in [0, 0.05) is 32.5 Å². The van der Waals surface area contributed by atoms with Gasteiger partial charge in [0.2, 0.25) is 0 Å². The average Bonchev–Trinajstić information content (AvgIpc) is 2.54. The van der Waals surface area contributed by atoms with Crippen molar-refractivity contribution in [2.45, 2.75) is 46.5 Å². The summed E-state index contributed by atoms with van der Waals surface area (Å²) in [5.74, 6) is -1.75. The second kappa shape index (κ2) is 7.37. The Bertz CT molecular complexity index is 885. The lowest BCUT2D eigenvalue weighted by Crippen LogP contribution is -2.39. The number of hydrogen-bond acceptors (Lipinski definition) is 4. The van der Waals surface area contributed by atoms with E-state index in [2.05, 4.69) is 27.9 Å². The number of hydrogen-bond donors (Lipinski definition) is 1. The molecule has 0 bridgehead atoms. The first-order chi connectivity index (χ1) is 12.6. The van der Waals surface area contributed by atoms with Gasteiger partial charge in [0.25, 0.3) is 0 Å². The highest BCUT2D eigenvalue weighted by Crippen LogP contribution is 2.47. The van der Waals surface area contributed by atoms with Crippen LogP contribution < -0.4 is 5.32 Å². The molecule has 0 saturated carbocycles. The first kappa shape index (κ1) is 20.0. The number of ether oxygens (including phenoxy) is 1. The molecule has 0 radical (unpaired) electrons. The van der Waals surface area contributed by atoms with Gasteiger partial charge in [0.05, 0.1) is 18.1 Å². The van der Waals surface area contributed by atoms with E-state index in [9.17, 15) is 14.0 Å². The minimum absolute atomic E-state index is 0.0497. The summed E-state index contributed by atoms with van der Waals surface area (Å²) in [5, 5.41) is 3.24. The maximum absolute atomic E-state index is 14.8. The number of dihydropyridines is 1. The van der Waals surface area contributed by atoms with Crippen LogP contribution in [0.5, 0.6) is 0 Å². The van der Waals surface area contributed by atoms with Crippen molar-refractivity contribution in [1.29, 1.82) is 0 Å². The van der Waals surface area contributed by atoms with Crippen LogP contribution in [-0.4, -0.2) is 18.4 Å². The van der Waals surface area contributed by atoms with Gasteiger partial charge in [0.15, 0.2) is 5.78 Å². The number of rotatable bonds is 3. The zero-order chi connectivity index (χ0) is 19.9. The van der Waals surface area contributed by atoms with E-state index in [0.29, 0.717) is 35.2 Å². The highest BCUT2D eigenvalue weighted by atomic mass is 127. The third kappa shape index (κ3) is 3.81. The maximum atomic E-state index is 14.8. The van der Waals surface area contributed by atoms with E-state index >= 15 is 0 Å². The standard InChI is InChI=1S/C21H23FINO3/c1-5-27-20(26)17-11(2)24-15-9-21(3,4)10-16(25)19(15)18(17)13-8-12(23)6-7-14(13)22/h6-8,18,24H,5,9-10H2,1-4H3/t18-/m1/s1. The number of benzene rings is 1. The number of Topliss-reactive ketones (excluding diaryl/α,β-unsaturated/α-hetero) is 1. The molecule has 1 aromatic rings. The van der Waals surface area contributed by atoms with Crippen LogP contribution in [0.4, 0.5) is 4.39 Å². The molecular formula is C21H23FINO3. The summed E-state index contributed by atoms with van der Waals surface area (Å²) in [4.78, 5) is 25.8. The fourth-order valence-electron chi connectivity index (χ4n) is 3.96. The molecule has 2 aliphatic rings. The van der Waals surface area contributed by atoms with Crippen LogP contribution in [0.15, 0.2) is 40.7 Å². The van der Waals surface area contributed by atoms with Gasteiger partial charge < -0.3 is 10.1 Å². The smallest absolute Gasteiger partial charge is 0.336 e. The SMILES string of the molecule is CCOC(=O)C1=C(C)NC2=C(C(=O)CC(C)(C)C2)[C@@H]1c1cc(I)ccc1F. The van der Waals surface area contributed by atoms with Crippen molar-refractivity contribution in [3.8, 4) is 0 Å². The number of halogens is 2. The Balaban J connectivity index is 2.24. The number of ketones is 1. The van der Waals surface area contributed by atoms with Crippen LogP contribution in [0.2, 0.25) is 0 Å². The lowest BCUT2D eigenvalue weighted by Gasteiger charge is -2.39. The first-order valence-electron chi connectivity index (χ1n) is 9.00. The molecule has 6 heteroatoms. The molecule has 1 atom stereocenters. The molecule has 27 heavy (non-hydrogen) atoms. The van der Waals surface area contributed by atoms with Gasteiger partial charge >= 0.3 is 5.97 Å². The molecule has 0 unspecified atom stereocenters. The fraction of sp³-hybridized carbons (Fsp3) is 0.429. The van der Waals surface area contributed by atoms with Crippen molar-refractivity contribution in [2.24, 2.45) is 5.41 Å². The minimum atomic E-state index is -0.751. The van der Waals surface area contributed by atoms with Gasteiger partial charge in [-0.15, -0.1) is 0 Å². The van der Waals surface area contributed by atoms with E-state index in [4.69, 9.17) is 4.74 Å². The number of carbonyl (C=O) groups excluding carboxylic acids is 2. The number of nitrogens with one attached hydrogen (secondary N) is 1. The van der Waals surface area contributed by atoms with Crippen molar-refractivity contribution >= 4 is 34.3 Å². The summed E-state index contributed by atoms with van der Waals surface area (Å²) in [6.45, 7) is 7.80. The van der Waals surface area contributed by atoms with Crippen molar-refractivity contribution in [1.82, 2.24) is 5.32 Å². The van der Waals surface area contributed by atoms with E-state index in [1.807, 2.05) is 13.8 Å². The van der Waals surface area contributed by atoms with Crippen LogP contribution in [0.25, 0.3) is 0 Å². The fourth-order valence-corrected chi connectivity index (χ4v) is 4.48. The summed E-state index contributed by atoms with van der Waals surface area (Å²) >= 11 is 2.11. The zero-order valence-electron chi connectivity index (χ0n) is 15.9. The van der Waals surface area contributed by atoms with Crippen molar-refractivity contribution in [3.63, 3.8) is 0 Å². The zero-order valence-corrected chi connectivity index (χ0v) is 18.1. The van der Waals surface area contributed by atoms with Crippen LogP contribution >= 0.6 is 22.6 Å². The Morgan fingerprint density at radius 3 is 2.74 bits per heavy atom. The molecule has 1 aliphatic carbocycles. The quantitative estimate of drug-likeness (QED) is 0.505. The molecule has 0 amide bonds. The lowest BCUT2D eigenvalue weighted by molar-refractivity contribution is -0.138. The summed E-state index contributed by atoms with van der Waals surface area (Å²) < 4.78 is 20.9. The van der Waals surface area contributed by atoms with Gasteiger partial charge in [-0.2, -0.15) is 0 Å². The Morgan fingerprint density at radius 1 is 1.37 bits per heavy atom. The van der Waals surface area contributed by atoms with Crippen molar-refractivity contribution < 1.29 is 18.7 Å². The van der Waals surface area contributed by atoms with Gasteiger partial charge in [-0.1, -0.05) is 13.8 Å². The molecule has 4 nitrogen and oxygen atoms in total. The molecule has 1 heterocycles. The first-order valence-corrected chi connectivity index (χ1v) is 10.1.